The molecule has 1 saturated carbocycles. The van der Waals surface area contributed by atoms with Crippen molar-refractivity contribution in [2.45, 2.75) is 39.2 Å². The Morgan fingerprint density at radius 1 is 1.27 bits per heavy atom. The molecule has 0 spiro atoms. The molecule has 1 aliphatic rings. The summed E-state index contributed by atoms with van der Waals surface area (Å²) in [5, 5.41) is 2.90. The molecule has 116 valence electrons. The molecule has 0 bridgehead atoms. The number of carbonyl (C=O) groups is 1. The number of carbonyl (C=O) groups excluding carboxylic acids is 1. The molecule has 1 heterocycles. The van der Waals surface area contributed by atoms with Gasteiger partial charge in [-0.3, -0.25) is 4.79 Å². The molecule has 0 atom stereocenters. The second-order valence-electron chi connectivity index (χ2n) is 6.01. The number of hydrogen-bond acceptors (Lipinski definition) is 1. The summed E-state index contributed by atoms with van der Waals surface area (Å²) in [5.41, 5.74) is 4.41. The highest BCUT2D eigenvalue weighted by molar-refractivity contribution is 5.94. The maximum absolute atomic E-state index is 12.8. The Bertz CT molecular complexity index is 684. The molecule has 2 aromatic rings. The molecule has 3 rings (SSSR count). The summed E-state index contributed by atoms with van der Waals surface area (Å²) in [4.78, 5) is 12.0. The number of amides is 1. The molecule has 0 radical (unpaired) electrons. The van der Waals surface area contributed by atoms with Gasteiger partial charge in [0.15, 0.2) is 0 Å². The Labute approximate surface area is 130 Å². The molecule has 1 aromatic carbocycles. The average Bonchev–Trinajstić information content (AvgIpc) is 3.27. The minimum atomic E-state index is -0.330. The zero-order valence-electron chi connectivity index (χ0n) is 13.0. The third kappa shape index (κ3) is 3.06. The Hall–Kier alpha value is -2.10. The lowest BCUT2D eigenvalue weighted by Crippen LogP contribution is -2.25. The van der Waals surface area contributed by atoms with Crippen LogP contribution in [0, 0.1) is 19.7 Å². The topological polar surface area (TPSA) is 34.0 Å². The largest absolute Gasteiger partial charge is 0.352 e. The van der Waals surface area contributed by atoms with Crippen LogP contribution in [-0.4, -0.2) is 17.0 Å². The molecule has 0 aliphatic heterocycles. The van der Waals surface area contributed by atoms with E-state index in [1.54, 1.807) is 0 Å². The quantitative estimate of drug-likeness (QED) is 0.900. The van der Waals surface area contributed by atoms with E-state index in [0.29, 0.717) is 18.2 Å². The predicted octanol–water partition coefficient (Wildman–Crippen LogP) is 3.55. The highest BCUT2D eigenvalue weighted by Crippen LogP contribution is 2.38. The first-order valence-corrected chi connectivity index (χ1v) is 7.77. The van der Waals surface area contributed by atoms with Crippen molar-refractivity contribution < 1.29 is 9.18 Å². The second-order valence-corrected chi connectivity index (χ2v) is 6.01. The van der Waals surface area contributed by atoms with Gasteiger partial charge in [0.05, 0.1) is 0 Å². The highest BCUT2D eigenvalue weighted by Gasteiger charge is 2.26. The number of halogens is 1. The molecule has 22 heavy (non-hydrogen) atoms. The molecular formula is C18H21FN2O. The Morgan fingerprint density at radius 2 is 1.95 bits per heavy atom. The van der Waals surface area contributed by atoms with Crippen molar-refractivity contribution in [2.24, 2.45) is 0 Å². The van der Waals surface area contributed by atoms with Crippen LogP contribution < -0.4 is 5.32 Å². The van der Waals surface area contributed by atoms with E-state index >= 15 is 0 Å². The molecule has 1 aliphatic carbocycles. The minimum absolute atomic E-state index is 0.156. The van der Waals surface area contributed by atoms with Gasteiger partial charge in [0.25, 0.3) is 5.91 Å². The van der Waals surface area contributed by atoms with Gasteiger partial charge in [-0.05, 0) is 69.0 Å². The van der Waals surface area contributed by atoms with Crippen LogP contribution in [0.15, 0.2) is 30.3 Å². The van der Waals surface area contributed by atoms with Gasteiger partial charge in [-0.2, -0.15) is 0 Å². The maximum Gasteiger partial charge on any atom is 0.251 e. The normalized spacial score (nSPS) is 14.1. The number of benzene rings is 1. The molecule has 0 unspecified atom stereocenters. The fraction of sp³-hybridized carbons (Fsp3) is 0.389. The summed E-state index contributed by atoms with van der Waals surface area (Å²) in [5.74, 6) is -0.486. The standard InChI is InChI=1S/C18H21FN2O/c1-12-11-15(13(2)21(12)17-7-8-17)9-10-20-18(22)14-3-5-16(19)6-4-14/h3-6,11,17H,7-10H2,1-2H3,(H,20,22). The van der Waals surface area contributed by atoms with Crippen molar-refractivity contribution in [1.29, 1.82) is 0 Å². The van der Waals surface area contributed by atoms with Gasteiger partial charge < -0.3 is 9.88 Å². The zero-order valence-corrected chi connectivity index (χ0v) is 13.0. The van der Waals surface area contributed by atoms with Gasteiger partial charge in [-0.1, -0.05) is 0 Å². The first-order chi connectivity index (χ1) is 10.6. The lowest BCUT2D eigenvalue weighted by Gasteiger charge is -2.08. The maximum atomic E-state index is 12.8. The van der Waals surface area contributed by atoms with E-state index in [1.807, 2.05) is 0 Å². The van der Waals surface area contributed by atoms with Gasteiger partial charge in [-0.25, -0.2) is 4.39 Å². The molecule has 1 amide bonds. The number of nitrogens with zero attached hydrogens (tertiary/aromatic N) is 1. The van der Waals surface area contributed by atoms with E-state index in [2.05, 4.69) is 29.8 Å². The van der Waals surface area contributed by atoms with Crippen molar-refractivity contribution in [1.82, 2.24) is 9.88 Å². The Morgan fingerprint density at radius 3 is 2.59 bits per heavy atom. The van der Waals surface area contributed by atoms with Crippen LogP contribution in [0.5, 0.6) is 0 Å². The molecule has 1 fully saturated rings. The Balaban J connectivity index is 1.58. The highest BCUT2D eigenvalue weighted by atomic mass is 19.1. The number of rotatable bonds is 5. The first kappa shape index (κ1) is 14.8. The van der Waals surface area contributed by atoms with E-state index < -0.39 is 0 Å². The summed E-state index contributed by atoms with van der Waals surface area (Å²) in [7, 11) is 0. The van der Waals surface area contributed by atoms with Crippen LogP contribution in [0.2, 0.25) is 0 Å². The third-order valence-corrected chi connectivity index (χ3v) is 4.29. The molecule has 3 nitrogen and oxygen atoms in total. The smallest absolute Gasteiger partial charge is 0.251 e. The fourth-order valence-corrected chi connectivity index (χ4v) is 3.01. The van der Waals surface area contributed by atoms with Crippen LogP contribution >= 0.6 is 0 Å². The summed E-state index contributed by atoms with van der Waals surface area (Å²) < 4.78 is 15.3. The van der Waals surface area contributed by atoms with Crippen LogP contribution in [0.4, 0.5) is 4.39 Å². The predicted molar refractivity (Wildman–Crippen MR) is 84.6 cm³/mol. The van der Waals surface area contributed by atoms with Gasteiger partial charge >= 0.3 is 0 Å². The van der Waals surface area contributed by atoms with Crippen LogP contribution in [0.3, 0.4) is 0 Å². The van der Waals surface area contributed by atoms with Gasteiger partial charge in [0.2, 0.25) is 0 Å². The van der Waals surface area contributed by atoms with Crippen LogP contribution in [0.25, 0.3) is 0 Å². The van der Waals surface area contributed by atoms with E-state index in [4.69, 9.17) is 0 Å². The monoisotopic (exact) mass is 300 g/mol. The van der Waals surface area contributed by atoms with Crippen molar-refractivity contribution >= 4 is 5.91 Å². The summed E-state index contributed by atoms with van der Waals surface area (Å²) in [6, 6.07) is 8.52. The van der Waals surface area contributed by atoms with Crippen LogP contribution in [0.1, 0.15) is 46.2 Å². The minimum Gasteiger partial charge on any atom is -0.352 e. The third-order valence-electron chi connectivity index (χ3n) is 4.29. The van der Waals surface area contributed by atoms with E-state index in [-0.39, 0.29) is 11.7 Å². The second kappa shape index (κ2) is 5.95. The molecule has 1 N–H and O–H groups in total. The summed E-state index contributed by atoms with van der Waals surface area (Å²) in [6.45, 7) is 4.89. The van der Waals surface area contributed by atoms with Crippen molar-refractivity contribution in [3.8, 4) is 0 Å². The van der Waals surface area contributed by atoms with Gasteiger partial charge in [-0.15, -0.1) is 0 Å². The molecule has 1 aromatic heterocycles. The number of aromatic nitrogens is 1. The lowest BCUT2D eigenvalue weighted by molar-refractivity contribution is 0.0954. The van der Waals surface area contributed by atoms with Gasteiger partial charge in [0.1, 0.15) is 5.82 Å². The SMILES string of the molecule is Cc1cc(CCNC(=O)c2ccc(F)cc2)c(C)n1C1CC1. The number of nitrogens with one attached hydrogen (secondary N) is 1. The molecule has 0 saturated heterocycles. The van der Waals surface area contributed by atoms with Crippen molar-refractivity contribution in [3.05, 3.63) is 58.7 Å². The Kier molecular flexibility index (Phi) is 4.01. The van der Waals surface area contributed by atoms with Gasteiger partial charge in [0, 0.05) is 29.5 Å². The van der Waals surface area contributed by atoms with E-state index in [1.165, 1.54) is 54.1 Å². The zero-order chi connectivity index (χ0) is 15.7. The van der Waals surface area contributed by atoms with E-state index in [9.17, 15) is 9.18 Å². The van der Waals surface area contributed by atoms with Crippen molar-refractivity contribution in [3.63, 3.8) is 0 Å². The summed E-state index contributed by atoms with van der Waals surface area (Å²) >= 11 is 0. The lowest BCUT2D eigenvalue weighted by atomic mass is 10.1. The van der Waals surface area contributed by atoms with E-state index in [0.717, 1.165) is 6.42 Å². The molecular weight excluding hydrogens is 279 g/mol. The first-order valence-electron chi connectivity index (χ1n) is 7.77. The number of aryl methyl sites for hydroxylation is 1. The molecule has 4 heteroatoms. The number of hydrogen-bond donors (Lipinski definition) is 1. The van der Waals surface area contributed by atoms with Crippen molar-refractivity contribution in [2.75, 3.05) is 6.54 Å². The fourth-order valence-electron chi connectivity index (χ4n) is 3.01. The average molecular weight is 300 g/mol. The summed E-state index contributed by atoms with van der Waals surface area (Å²) in [6.07, 6.45) is 3.37. The van der Waals surface area contributed by atoms with Crippen LogP contribution in [-0.2, 0) is 6.42 Å².